The summed E-state index contributed by atoms with van der Waals surface area (Å²) in [5.41, 5.74) is 0.521. The second-order valence-electron chi connectivity index (χ2n) is 7.39. The maximum absolute atomic E-state index is 13.4. The number of hydrogen-bond acceptors (Lipinski definition) is 2. The highest BCUT2D eigenvalue weighted by atomic mass is 35.5. The van der Waals surface area contributed by atoms with Gasteiger partial charge in [-0.05, 0) is 56.2 Å². The van der Waals surface area contributed by atoms with Crippen LogP contribution in [-0.2, 0) is 15.0 Å². The number of amides is 2. The minimum atomic E-state index is -0.479. The van der Waals surface area contributed by atoms with Crippen molar-refractivity contribution in [1.29, 1.82) is 0 Å². The number of carbonyl (C=O) groups excluding carboxylic acids is 2. The molecule has 1 aromatic carbocycles. The van der Waals surface area contributed by atoms with Crippen LogP contribution >= 0.6 is 11.6 Å². The average molecular weight is 347 g/mol. The lowest BCUT2D eigenvalue weighted by atomic mass is 9.63. The van der Waals surface area contributed by atoms with E-state index in [-0.39, 0.29) is 17.9 Å². The predicted octanol–water partition coefficient (Wildman–Crippen LogP) is 3.03. The first-order chi connectivity index (χ1) is 11.6. The third-order valence-electron chi connectivity index (χ3n) is 5.73. The Bertz CT molecular complexity index is 667. The number of nitrogens with zero attached hydrogens (tertiary/aromatic N) is 1. The van der Waals surface area contributed by atoms with Crippen molar-refractivity contribution in [3.05, 3.63) is 34.9 Å². The van der Waals surface area contributed by atoms with Crippen LogP contribution in [0.5, 0.6) is 0 Å². The minimum Gasteiger partial charge on any atom is -0.352 e. The van der Waals surface area contributed by atoms with E-state index in [9.17, 15) is 9.59 Å². The number of rotatable bonds is 4. The van der Waals surface area contributed by atoms with Crippen LogP contribution < -0.4 is 5.32 Å². The van der Waals surface area contributed by atoms with Gasteiger partial charge in [-0.2, -0.15) is 0 Å². The standard InChI is InChI=1S/C19H23ClN2O2/c20-14-5-1-4-13(12-14)19(9-3-10-19)18(24)22-11-2-6-16(22)17(23)21-15-7-8-15/h1,4-5,12,15-16H,2-3,6-11H2,(H,21,23)/t16-/m1/s1. The van der Waals surface area contributed by atoms with Crippen LogP contribution in [-0.4, -0.2) is 35.3 Å². The SMILES string of the molecule is O=C(NC1CC1)[C@H]1CCCN1C(=O)C1(c2cccc(Cl)c2)CCC1. The molecule has 4 rings (SSSR count). The summed E-state index contributed by atoms with van der Waals surface area (Å²) in [6.07, 6.45) is 6.55. The van der Waals surface area contributed by atoms with E-state index < -0.39 is 5.41 Å². The van der Waals surface area contributed by atoms with E-state index in [1.807, 2.05) is 29.2 Å². The van der Waals surface area contributed by atoms with Crippen molar-refractivity contribution >= 4 is 23.4 Å². The lowest BCUT2D eigenvalue weighted by Crippen LogP contribution is -2.55. The fourth-order valence-corrected chi connectivity index (χ4v) is 4.22. The molecule has 1 N–H and O–H groups in total. The molecule has 5 heteroatoms. The molecule has 0 unspecified atom stereocenters. The average Bonchev–Trinajstić information content (AvgIpc) is 3.18. The van der Waals surface area contributed by atoms with E-state index in [1.54, 1.807) is 0 Å². The summed E-state index contributed by atoms with van der Waals surface area (Å²) in [7, 11) is 0. The Morgan fingerprint density at radius 2 is 1.96 bits per heavy atom. The van der Waals surface area contributed by atoms with Crippen LogP contribution in [0.25, 0.3) is 0 Å². The monoisotopic (exact) mass is 346 g/mol. The highest BCUT2D eigenvalue weighted by molar-refractivity contribution is 6.30. The Kier molecular flexibility index (Phi) is 4.03. The van der Waals surface area contributed by atoms with Crippen LogP contribution in [0.15, 0.2) is 24.3 Å². The van der Waals surface area contributed by atoms with Crippen molar-refractivity contribution in [2.24, 2.45) is 0 Å². The number of carbonyl (C=O) groups is 2. The number of hydrogen-bond donors (Lipinski definition) is 1. The Hall–Kier alpha value is -1.55. The predicted molar refractivity (Wildman–Crippen MR) is 92.9 cm³/mol. The van der Waals surface area contributed by atoms with Crippen LogP contribution in [0.3, 0.4) is 0 Å². The van der Waals surface area contributed by atoms with Crippen molar-refractivity contribution in [3.8, 4) is 0 Å². The topological polar surface area (TPSA) is 49.4 Å². The van der Waals surface area contributed by atoms with Gasteiger partial charge in [-0.3, -0.25) is 9.59 Å². The molecule has 0 radical (unpaired) electrons. The fraction of sp³-hybridized carbons (Fsp3) is 0.579. The Balaban J connectivity index is 1.57. The molecule has 1 aromatic rings. The number of likely N-dealkylation sites (tertiary alicyclic amines) is 1. The van der Waals surface area contributed by atoms with Gasteiger partial charge < -0.3 is 10.2 Å². The molecule has 0 aromatic heterocycles. The van der Waals surface area contributed by atoms with E-state index in [4.69, 9.17) is 11.6 Å². The van der Waals surface area contributed by atoms with Gasteiger partial charge in [0.25, 0.3) is 0 Å². The van der Waals surface area contributed by atoms with Gasteiger partial charge in [0, 0.05) is 17.6 Å². The number of nitrogens with one attached hydrogen (secondary N) is 1. The van der Waals surface area contributed by atoms with E-state index in [0.717, 1.165) is 50.5 Å². The lowest BCUT2D eigenvalue weighted by molar-refractivity contribution is -0.146. The van der Waals surface area contributed by atoms with E-state index in [2.05, 4.69) is 5.32 Å². The zero-order chi connectivity index (χ0) is 16.7. The molecule has 3 fully saturated rings. The third kappa shape index (κ3) is 2.71. The minimum absolute atomic E-state index is 0.0314. The van der Waals surface area contributed by atoms with Gasteiger partial charge in [-0.25, -0.2) is 0 Å². The van der Waals surface area contributed by atoms with Gasteiger partial charge in [0.15, 0.2) is 0 Å². The first kappa shape index (κ1) is 15.9. The molecule has 2 amide bonds. The molecule has 1 aliphatic heterocycles. The molecule has 4 nitrogen and oxygen atoms in total. The van der Waals surface area contributed by atoms with Gasteiger partial charge in [0.05, 0.1) is 5.41 Å². The summed E-state index contributed by atoms with van der Waals surface area (Å²) in [5, 5.41) is 3.73. The van der Waals surface area contributed by atoms with Gasteiger partial charge in [0.1, 0.15) is 6.04 Å². The smallest absolute Gasteiger partial charge is 0.243 e. The van der Waals surface area contributed by atoms with Crippen LogP contribution in [0.1, 0.15) is 50.5 Å². The van der Waals surface area contributed by atoms with E-state index in [0.29, 0.717) is 17.6 Å². The van der Waals surface area contributed by atoms with E-state index >= 15 is 0 Å². The largest absolute Gasteiger partial charge is 0.352 e. The second-order valence-corrected chi connectivity index (χ2v) is 7.82. The molecular weight excluding hydrogens is 324 g/mol. The fourth-order valence-electron chi connectivity index (χ4n) is 4.02. The second kappa shape index (κ2) is 6.07. The van der Waals surface area contributed by atoms with Gasteiger partial charge in [-0.1, -0.05) is 30.2 Å². The van der Waals surface area contributed by atoms with Crippen molar-refractivity contribution in [2.45, 2.75) is 62.4 Å². The molecule has 2 saturated carbocycles. The highest BCUT2D eigenvalue weighted by Crippen LogP contribution is 2.46. The molecule has 3 aliphatic rings. The zero-order valence-corrected chi connectivity index (χ0v) is 14.5. The van der Waals surface area contributed by atoms with Crippen LogP contribution in [0.4, 0.5) is 0 Å². The van der Waals surface area contributed by atoms with Crippen molar-refractivity contribution in [1.82, 2.24) is 10.2 Å². The van der Waals surface area contributed by atoms with Crippen molar-refractivity contribution in [2.75, 3.05) is 6.54 Å². The molecule has 24 heavy (non-hydrogen) atoms. The lowest BCUT2D eigenvalue weighted by Gasteiger charge is -2.44. The first-order valence-corrected chi connectivity index (χ1v) is 9.35. The molecule has 128 valence electrons. The van der Waals surface area contributed by atoms with Gasteiger partial charge in [-0.15, -0.1) is 0 Å². The Morgan fingerprint density at radius 1 is 1.17 bits per heavy atom. The highest BCUT2D eigenvalue weighted by Gasteiger charge is 2.50. The molecular formula is C19H23ClN2O2. The summed E-state index contributed by atoms with van der Waals surface area (Å²) in [6.45, 7) is 0.684. The Labute approximate surface area is 147 Å². The van der Waals surface area contributed by atoms with Gasteiger partial charge in [0.2, 0.25) is 11.8 Å². The summed E-state index contributed by atoms with van der Waals surface area (Å²) >= 11 is 6.15. The molecule has 2 aliphatic carbocycles. The molecule has 0 bridgehead atoms. The summed E-state index contributed by atoms with van der Waals surface area (Å²) < 4.78 is 0. The third-order valence-corrected chi connectivity index (χ3v) is 5.97. The maximum atomic E-state index is 13.4. The summed E-state index contributed by atoms with van der Waals surface area (Å²) in [4.78, 5) is 27.7. The molecule has 1 saturated heterocycles. The summed E-state index contributed by atoms with van der Waals surface area (Å²) in [5.74, 6) is 0.147. The molecule has 1 heterocycles. The molecule has 1 atom stereocenters. The van der Waals surface area contributed by atoms with Crippen LogP contribution in [0.2, 0.25) is 5.02 Å². The quantitative estimate of drug-likeness (QED) is 0.911. The van der Waals surface area contributed by atoms with Gasteiger partial charge >= 0.3 is 0 Å². The maximum Gasteiger partial charge on any atom is 0.243 e. The van der Waals surface area contributed by atoms with Crippen molar-refractivity contribution in [3.63, 3.8) is 0 Å². The summed E-state index contributed by atoms with van der Waals surface area (Å²) in [6, 6.07) is 7.69. The number of halogens is 1. The van der Waals surface area contributed by atoms with Crippen LogP contribution in [0, 0.1) is 0 Å². The van der Waals surface area contributed by atoms with Crippen molar-refractivity contribution < 1.29 is 9.59 Å². The molecule has 0 spiro atoms. The van der Waals surface area contributed by atoms with E-state index in [1.165, 1.54) is 0 Å². The number of benzene rings is 1. The first-order valence-electron chi connectivity index (χ1n) is 8.98. The normalized spacial score (nSPS) is 25.2. The zero-order valence-electron chi connectivity index (χ0n) is 13.8. The Morgan fingerprint density at radius 3 is 2.58 bits per heavy atom.